The van der Waals surface area contributed by atoms with Gasteiger partial charge in [-0.25, -0.2) is 9.37 Å². The maximum absolute atomic E-state index is 13.4. The third-order valence-electron chi connectivity index (χ3n) is 2.63. The molecule has 0 aliphatic heterocycles. The van der Waals surface area contributed by atoms with Gasteiger partial charge in [0.25, 0.3) is 0 Å². The molecule has 0 fully saturated rings. The number of anilines is 1. The van der Waals surface area contributed by atoms with Crippen LogP contribution in [0.4, 0.5) is 10.1 Å². The summed E-state index contributed by atoms with van der Waals surface area (Å²) in [5.74, 6) is 0.174. The summed E-state index contributed by atoms with van der Waals surface area (Å²) in [5.41, 5.74) is 1.57. The average Bonchev–Trinajstić information content (AvgIpc) is 2.41. The van der Waals surface area contributed by atoms with E-state index in [0.717, 1.165) is 17.3 Å². The maximum atomic E-state index is 13.4. The molecule has 5 heteroatoms. The number of hydrogen-bond donors (Lipinski definition) is 1. The van der Waals surface area contributed by atoms with Crippen molar-refractivity contribution < 1.29 is 9.13 Å². The Morgan fingerprint density at radius 3 is 2.79 bits per heavy atom. The number of aromatic nitrogens is 1. The van der Waals surface area contributed by atoms with E-state index in [1.165, 1.54) is 6.20 Å². The van der Waals surface area contributed by atoms with E-state index >= 15 is 0 Å². The van der Waals surface area contributed by atoms with Gasteiger partial charge in [-0.2, -0.15) is 5.26 Å². The fourth-order valence-corrected chi connectivity index (χ4v) is 1.55. The topological polar surface area (TPSA) is 57.9 Å². The van der Waals surface area contributed by atoms with Crippen molar-refractivity contribution in [1.29, 1.82) is 5.26 Å². The third kappa shape index (κ3) is 2.80. The highest BCUT2D eigenvalue weighted by atomic mass is 19.1. The normalized spacial score (nSPS) is 9.79. The first kappa shape index (κ1) is 12.8. The second-order valence-corrected chi connectivity index (χ2v) is 3.95. The number of nitriles is 1. The zero-order chi connectivity index (χ0) is 13.8. The van der Waals surface area contributed by atoms with Gasteiger partial charge in [-0.1, -0.05) is 6.07 Å². The van der Waals surface area contributed by atoms with Crippen LogP contribution in [0.25, 0.3) is 0 Å². The molecule has 0 radical (unpaired) electrons. The molecule has 0 aliphatic carbocycles. The van der Waals surface area contributed by atoms with E-state index in [9.17, 15) is 4.39 Å². The summed E-state index contributed by atoms with van der Waals surface area (Å²) in [6.45, 7) is 1.89. The molecule has 0 saturated heterocycles. The molecule has 0 spiro atoms. The van der Waals surface area contributed by atoms with E-state index in [-0.39, 0.29) is 11.4 Å². The minimum absolute atomic E-state index is 0.243. The Morgan fingerprint density at radius 1 is 1.37 bits per heavy atom. The van der Waals surface area contributed by atoms with Crippen LogP contribution >= 0.6 is 0 Å². The fourth-order valence-electron chi connectivity index (χ4n) is 1.55. The Kier molecular flexibility index (Phi) is 3.62. The van der Waals surface area contributed by atoms with Gasteiger partial charge >= 0.3 is 0 Å². The van der Waals surface area contributed by atoms with Crippen molar-refractivity contribution in [2.75, 3.05) is 12.4 Å². The molecule has 96 valence electrons. The van der Waals surface area contributed by atoms with E-state index in [1.807, 2.05) is 25.1 Å². The first-order valence-corrected chi connectivity index (χ1v) is 5.66. The number of aryl methyl sites for hydroxylation is 1. The minimum Gasteiger partial charge on any atom is -0.455 e. The van der Waals surface area contributed by atoms with Crippen LogP contribution < -0.4 is 10.1 Å². The molecule has 1 heterocycles. The van der Waals surface area contributed by atoms with Gasteiger partial charge in [0.1, 0.15) is 17.6 Å². The number of benzene rings is 1. The Morgan fingerprint density at radius 2 is 2.16 bits per heavy atom. The van der Waals surface area contributed by atoms with Crippen molar-refractivity contribution in [2.24, 2.45) is 0 Å². The molecule has 4 nitrogen and oxygen atoms in total. The molecular weight excluding hydrogens is 245 g/mol. The van der Waals surface area contributed by atoms with Crippen molar-refractivity contribution in [1.82, 2.24) is 4.98 Å². The number of nitrogens with one attached hydrogen (secondary N) is 1. The van der Waals surface area contributed by atoms with Crippen LogP contribution in [0.3, 0.4) is 0 Å². The lowest BCUT2D eigenvalue weighted by Crippen LogP contribution is -1.94. The lowest BCUT2D eigenvalue weighted by atomic mass is 10.2. The zero-order valence-electron chi connectivity index (χ0n) is 10.6. The lowest BCUT2D eigenvalue weighted by molar-refractivity contribution is 0.469. The molecule has 2 rings (SSSR count). The quantitative estimate of drug-likeness (QED) is 0.917. The van der Waals surface area contributed by atoms with Crippen LogP contribution in [-0.2, 0) is 0 Å². The van der Waals surface area contributed by atoms with Gasteiger partial charge in [0.2, 0.25) is 0 Å². The van der Waals surface area contributed by atoms with Crippen LogP contribution in [0.1, 0.15) is 11.3 Å². The summed E-state index contributed by atoms with van der Waals surface area (Å²) in [6.07, 6.45) is 1.33. The molecule has 0 aliphatic rings. The fraction of sp³-hybridized carbons (Fsp3) is 0.143. The second-order valence-electron chi connectivity index (χ2n) is 3.95. The molecule has 2 aromatic rings. The number of ether oxygens (including phenoxy) is 1. The number of rotatable bonds is 3. The number of pyridine rings is 1. The van der Waals surface area contributed by atoms with E-state index in [1.54, 1.807) is 13.1 Å². The average molecular weight is 257 g/mol. The van der Waals surface area contributed by atoms with Gasteiger partial charge in [0.05, 0.1) is 6.20 Å². The highest BCUT2D eigenvalue weighted by Crippen LogP contribution is 2.28. The molecule has 0 unspecified atom stereocenters. The Balaban J connectivity index is 2.31. The zero-order valence-corrected chi connectivity index (χ0v) is 10.6. The number of hydrogen-bond acceptors (Lipinski definition) is 4. The highest BCUT2D eigenvalue weighted by Gasteiger charge is 2.07. The van der Waals surface area contributed by atoms with Gasteiger partial charge in [-0.05, 0) is 18.6 Å². The second kappa shape index (κ2) is 5.36. The highest BCUT2D eigenvalue weighted by molar-refractivity contribution is 5.52. The van der Waals surface area contributed by atoms with Gasteiger partial charge in [-0.15, -0.1) is 0 Å². The summed E-state index contributed by atoms with van der Waals surface area (Å²) in [7, 11) is 1.80. The Labute approximate surface area is 110 Å². The Hall–Kier alpha value is -2.61. The lowest BCUT2D eigenvalue weighted by Gasteiger charge is -2.10. The van der Waals surface area contributed by atoms with E-state index in [0.29, 0.717) is 5.75 Å². The van der Waals surface area contributed by atoms with Crippen LogP contribution in [0.15, 0.2) is 30.5 Å². The summed E-state index contributed by atoms with van der Waals surface area (Å²) in [4.78, 5) is 3.69. The summed E-state index contributed by atoms with van der Waals surface area (Å²) in [5, 5.41) is 11.6. The van der Waals surface area contributed by atoms with Gasteiger partial charge in [0, 0.05) is 24.9 Å². The molecule has 0 saturated carbocycles. The molecule has 0 amide bonds. The molecular formula is C14H12FN3O. The monoisotopic (exact) mass is 257 g/mol. The minimum atomic E-state index is -0.692. The largest absolute Gasteiger partial charge is 0.455 e. The molecule has 1 N–H and O–H groups in total. The molecule has 1 aromatic heterocycles. The van der Waals surface area contributed by atoms with Crippen molar-refractivity contribution >= 4 is 5.69 Å². The van der Waals surface area contributed by atoms with E-state index in [4.69, 9.17) is 10.00 Å². The van der Waals surface area contributed by atoms with Gasteiger partial charge < -0.3 is 10.1 Å². The van der Waals surface area contributed by atoms with E-state index in [2.05, 4.69) is 10.3 Å². The first-order chi connectivity index (χ1) is 9.13. The van der Waals surface area contributed by atoms with Crippen molar-refractivity contribution in [3.05, 3.63) is 47.5 Å². The van der Waals surface area contributed by atoms with Crippen molar-refractivity contribution in [2.45, 2.75) is 6.92 Å². The van der Waals surface area contributed by atoms with Crippen LogP contribution in [0.5, 0.6) is 11.5 Å². The van der Waals surface area contributed by atoms with Crippen LogP contribution in [0, 0.1) is 24.1 Å². The standard InChI is InChI=1S/C14H12FN3O/c1-9-3-4-10(17-2)5-14(9)19-11-6-12(15)13(7-16)18-8-11/h3-6,8,17H,1-2H3. The molecule has 1 aromatic carbocycles. The predicted molar refractivity (Wildman–Crippen MR) is 69.7 cm³/mol. The SMILES string of the molecule is CNc1ccc(C)c(Oc2cnc(C#N)c(F)c2)c1. The van der Waals surface area contributed by atoms with Gasteiger partial charge in [-0.3, -0.25) is 0 Å². The number of nitrogens with zero attached hydrogens (tertiary/aromatic N) is 2. The summed E-state index contributed by atoms with van der Waals surface area (Å²) in [6, 6.07) is 8.44. The van der Waals surface area contributed by atoms with Crippen molar-refractivity contribution in [3.63, 3.8) is 0 Å². The first-order valence-electron chi connectivity index (χ1n) is 5.66. The summed E-state index contributed by atoms with van der Waals surface area (Å²) < 4.78 is 19.0. The maximum Gasteiger partial charge on any atom is 0.176 e. The molecule has 19 heavy (non-hydrogen) atoms. The Bertz CT molecular complexity index is 650. The molecule has 0 atom stereocenters. The van der Waals surface area contributed by atoms with Crippen molar-refractivity contribution in [3.8, 4) is 17.6 Å². The van der Waals surface area contributed by atoms with Gasteiger partial charge in [0.15, 0.2) is 11.5 Å². The van der Waals surface area contributed by atoms with E-state index < -0.39 is 5.82 Å². The van der Waals surface area contributed by atoms with Crippen LogP contribution in [-0.4, -0.2) is 12.0 Å². The smallest absolute Gasteiger partial charge is 0.176 e. The molecule has 0 bridgehead atoms. The predicted octanol–water partition coefficient (Wildman–Crippen LogP) is 3.23. The summed E-state index contributed by atoms with van der Waals surface area (Å²) >= 11 is 0. The van der Waals surface area contributed by atoms with Crippen LogP contribution in [0.2, 0.25) is 0 Å². The number of halogens is 1. The third-order valence-corrected chi connectivity index (χ3v) is 2.63.